The van der Waals surface area contributed by atoms with Crippen molar-refractivity contribution in [3.8, 4) is 11.5 Å². The van der Waals surface area contributed by atoms with Crippen LogP contribution in [0.25, 0.3) is 0 Å². The first kappa shape index (κ1) is 19.5. The van der Waals surface area contributed by atoms with Crippen molar-refractivity contribution in [1.82, 2.24) is 0 Å². The lowest BCUT2D eigenvalue weighted by Gasteiger charge is -2.10. The van der Waals surface area contributed by atoms with Crippen LogP contribution in [0.1, 0.15) is 21.5 Å². The number of esters is 2. The minimum atomic E-state index is -0.560. The molecule has 0 N–H and O–H groups in total. The van der Waals surface area contributed by atoms with Gasteiger partial charge in [-0.1, -0.05) is 23.8 Å². The molecule has 0 aliphatic rings. The number of benzene rings is 2. The molecule has 2 rings (SSSR count). The molecular formula is C20H22O6. The van der Waals surface area contributed by atoms with Crippen molar-refractivity contribution in [3.63, 3.8) is 0 Å². The van der Waals surface area contributed by atoms with Gasteiger partial charge in [-0.2, -0.15) is 0 Å². The zero-order valence-corrected chi connectivity index (χ0v) is 15.1. The molecule has 0 unspecified atom stereocenters. The number of carbonyl (C=O) groups excluding carboxylic acids is 2. The second-order valence-electron chi connectivity index (χ2n) is 5.69. The van der Waals surface area contributed by atoms with Gasteiger partial charge >= 0.3 is 11.9 Å². The zero-order valence-electron chi connectivity index (χ0n) is 15.1. The summed E-state index contributed by atoms with van der Waals surface area (Å²) in [6, 6.07) is 11.9. The predicted octanol–water partition coefficient (Wildman–Crippen LogP) is 3.09. The molecule has 0 radical (unpaired) electrons. The normalized spacial score (nSPS) is 10.3. The number of hydrogen-bond acceptors (Lipinski definition) is 6. The molecule has 0 heterocycles. The first-order valence-corrected chi connectivity index (χ1v) is 8.16. The Morgan fingerprint density at radius 2 is 1.81 bits per heavy atom. The Morgan fingerprint density at radius 3 is 2.54 bits per heavy atom. The SMILES string of the molecule is COCCOC(=O)c1cccc(OC(=O)COc2ccc(C)cc2C)c1. The Bertz CT molecular complexity index is 769. The maximum absolute atomic E-state index is 12.0. The highest BCUT2D eigenvalue weighted by Crippen LogP contribution is 2.19. The molecule has 0 fully saturated rings. The van der Waals surface area contributed by atoms with E-state index >= 15 is 0 Å². The third-order valence-electron chi connectivity index (χ3n) is 3.50. The van der Waals surface area contributed by atoms with Crippen LogP contribution < -0.4 is 9.47 Å². The van der Waals surface area contributed by atoms with Gasteiger partial charge in [-0.15, -0.1) is 0 Å². The predicted molar refractivity (Wildman–Crippen MR) is 95.6 cm³/mol. The lowest BCUT2D eigenvalue weighted by molar-refractivity contribution is -0.136. The Hall–Kier alpha value is -2.86. The molecule has 6 nitrogen and oxygen atoms in total. The standard InChI is InChI=1S/C20H22O6/c1-14-7-8-18(15(2)11-14)25-13-19(21)26-17-6-4-5-16(12-17)20(22)24-10-9-23-3/h4-8,11-12H,9-10,13H2,1-3H3. The average Bonchev–Trinajstić information content (AvgIpc) is 2.61. The van der Waals surface area contributed by atoms with Gasteiger partial charge in [0.05, 0.1) is 12.2 Å². The van der Waals surface area contributed by atoms with Crippen molar-refractivity contribution in [2.45, 2.75) is 13.8 Å². The molecule has 0 aromatic heterocycles. The van der Waals surface area contributed by atoms with E-state index in [1.54, 1.807) is 18.2 Å². The van der Waals surface area contributed by atoms with Crippen LogP contribution in [-0.4, -0.2) is 38.9 Å². The van der Waals surface area contributed by atoms with E-state index in [0.717, 1.165) is 11.1 Å². The molecule has 0 saturated heterocycles. The molecule has 26 heavy (non-hydrogen) atoms. The monoisotopic (exact) mass is 358 g/mol. The maximum atomic E-state index is 12.0. The van der Waals surface area contributed by atoms with E-state index in [-0.39, 0.29) is 19.0 Å². The van der Waals surface area contributed by atoms with Gasteiger partial charge in [0.1, 0.15) is 18.1 Å². The van der Waals surface area contributed by atoms with Crippen LogP contribution in [0, 0.1) is 13.8 Å². The molecule has 2 aromatic rings. The van der Waals surface area contributed by atoms with Crippen LogP contribution in [-0.2, 0) is 14.3 Å². The minimum Gasteiger partial charge on any atom is -0.482 e. The van der Waals surface area contributed by atoms with Crippen LogP contribution >= 0.6 is 0 Å². The minimum absolute atomic E-state index is 0.156. The Morgan fingerprint density at radius 1 is 1.00 bits per heavy atom. The first-order valence-electron chi connectivity index (χ1n) is 8.16. The zero-order chi connectivity index (χ0) is 18.9. The summed E-state index contributed by atoms with van der Waals surface area (Å²) >= 11 is 0. The highest BCUT2D eigenvalue weighted by atomic mass is 16.6. The summed E-state index contributed by atoms with van der Waals surface area (Å²) in [6.07, 6.45) is 0. The summed E-state index contributed by atoms with van der Waals surface area (Å²) in [7, 11) is 1.52. The highest BCUT2D eigenvalue weighted by molar-refractivity contribution is 5.90. The van der Waals surface area contributed by atoms with E-state index < -0.39 is 11.9 Å². The van der Waals surface area contributed by atoms with E-state index in [1.165, 1.54) is 13.2 Å². The Kier molecular flexibility index (Phi) is 7.17. The summed E-state index contributed by atoms with van der Waals surface area (Å²) in [5.41, 5.74) is 2.35. The average molecular weight is 358 g/mol. The largest absolute Gasteiger partial charge is 0.482 e. The third-order valence-corrected chi connectivity index (χ3v) is 3.50. The second-order valence-corrected chi connectivity index (χ2v) is 5.69. The molecule has 0 spiro atoms. The Labute approximate surface area is 152 Å². The number of methoxy groups -OCH3 is 1. The summed E-state index contributed by atoms with van der Waals surface area (Å²) < 4.78 is 20.6. The maximum Gasteiger partial charge on any atom is 0.349 e. The molecule has 0 aliphatic heterocycles. The summed E-state index contributed by atoms with van der Waals surface area (Å²) in [4.78, 5) is 23.9. The summed E-state index contributed by atoms with van der Waals surface area (Å²) in [5.74, 6) is -0.190. The van der Waals surface area contributed by atoms with Crippen LogP contribution in [0.4, 0.5) is 0 Å². The first-order chi connectivity index (χ1) is 12.5. The van der Waals surface area contributed by atoms with Gasteiger partial charge < -0.3 is 18.9 Å². The van der Waals surface area contributed by atoms with E-state index in [4.69, 9.17) is 18.9 Å². The van der Waals surface area contributed by atoms with Gasteiger partial charge in [-0.05, 0) is 43.7 Å². The molecule has 6 heteroatoms. The third kappa shape index (κ3) is 5.89. The number of hydrogen-bond donors (Lipinski definition) is 0. The van der Waals surface area contributed by atoms with Crippen molar-refractivity contribution >= 4 is 11.9 Å². The van der Waals surface area contributed by atoms with Crippen molar-refractivity contribution in [3.05, 3.63) is 59.2 Å². The molecule has 138 valence electrons. The van der Waals surface area contributed by atoms with Gasteiger partial charge in [-0.25, -0.2) is 9.59 Å². The highest BCUT2D eigenvalue weighted by Gasteiger charge is 2.11. The number of ether oxygens (including phenoxy) is 4. The molecular weight excluding hydrogens is 336 g/mol. The fraction of sp³-hybridized carbons (Fsp3) is 0.300. The van der Waals surface area contributed by atoms with Gasteiger partial charge in [0.15, 0.2) is 6.61 Å². The second kappa shape index (κ2) is 9.58. The molecule has 2 aromatic carbocycles. The molecule has 0 amide bonds. The van der Waals surface area contributed by atoms with Gasteiger partial charge in [-0.3, -0.25) is 0 Å². The van der Waals surface area contributed by atoms with Crippen LogP contribution in [0.5, 0.6) is 11.5 Å². The lowest BCUT2D eigenvalue weighted by atomic mass is 10.1. The van der Waals surface area contributed by atoms with E-state index in [2.05, 4.69) is 0 Å². The van der Waals surface area contributed by atoms with Gasteiger partial charge in [0.25, 0.3) is 0 Å². The summed E-state index contributed by atoms with van der Waals surface area (Å²) in [6.45, 7) is 4.14. The van der Waals surface area contributed by atoms with Crippen molar-refractivity contribution in [2.24, 2.45) is 0 Å². The van der Waals surface area contributed by atoms with Crippen molar-refractivity contribution in [2.75, 3.05) is 26.9 Å². The number of carbonyl (C=O) groups is 2. The van der Waals surface area contributed by atoms with E-state index in [0.29, 0.717) is 17.9 Å². The Balaban J connectivity index is 1.90. The number of aryl methyl sites for hydroxylation is 2. The quantitative estimate of drug-likeness (QED) is 0.410. The number of rotatable bonds is 8. The molecule has 0 atom stereocenters. The summed E-state index contributed by atoms with van der Waals surface area (Å²) in [5, 5.41) is 0. The fourth-order valence-corrected chi connectivity index (χ4v) is 2.25. The lowest BCUT2D eigenvalue weighted by Crippen LogP contribution is -2.18. The van der Waals surface area contributed by atoms with Crippen molar-refractivity contribution < 1.29 is 28.5 Å². The van der Waals surface area contributed by atoms with Crippen LogP contribution in [0.3, 0.4) is 0 Å². The van der Waals surface area contributed by atoms with Crippen LogP contribution in [0.2, 0.25) is 0 Å². The topological polar surface area (TPSA) is 71.1 Å². The van der Waals surface area contributed by atoms with E-state index in [1.807, 2.05) is 32.0 Å². The fourth-order valence-electron chi connectivity index (χ4n) is 2.25. The van der Waals surface area contributed by atoms with E-state index in [9.17, 15) is 9.59 Å². The molecule has 0 saturated carbocycles. The smallest absolute Gasteiger partial charge is 0.349 e. The van der Waals surface area contributed by atoms with Gasteiger partial charge in [0.2, 0.25) is 0 Å². The van der Waals surface area contributed by atoms with Crippen molar-refractivity contribution in [1.29, 1.82) is 0 Å². The van der Waals surface area contributed by atoms with Crippen LogP contribution in [0.15, 0.2) is 42.5 Å². The molecule has 0 bridgehead atoms. The van der Waals surface area contributed by atoms with Gasteiger partial charge in [0, 0.05) is 7.11 Å². The molecule has 0 aliphatic carbocycles.